The fraction of sp³-hybridized carbons (Fsp3) is 0.176. The predicted molar refractivity (Wildman–Crippen MR) is 91.8 cm³/mol. The van der Waals surface area contributed by atoms with Crippen molar-refractivity contribution in [3.05, 3.63) is 68.7 Å². The molecule has 0 spiro atoms. The fourth-order valence-corrected chi connectivity index (χ4v) is 2.97. The third-order valence-corrected chi connectivity index (χ3v) is 4.22. The molecule has 3 rings (SSSR count). The molecule has 0 saturated carbocycles. The number of rotatable bonds is 4. The van der Waals surface area contributed by atoms with Gasteiger partial charge in [0.15, 0.2) is 0 Å². The molecule has 1 N–H and O–H groups in total. The van der Waals surface area contributed by atoms with E-state index >= 15 is 0 Å². The van der Waals surface area contributed by atoms with Gasteiger partial charge in [-0.05, 0) is 34.5 Å². The highest BCUT2D eigenvalue weighted by molar-refractivity contribution is 9.10. The van der Waals surface area contributed by atoms with E-state index in [2.05, 4.69) is 20.9 Å². The molecule has 0 bridgehead atoms. The molecule has 3 aromatic rings. The molecular weight excluding hydrogens is 360 g/mol. The number of aromatic nitrogens is 2. The normalized spacial score (nSPS) is 10.9. The molecule has 23 heavy (non-hydrogen) atoms. The molecule has 0 aliphatic rings. The summed E-state index contributed by atoms with van der Waals surface area (Å²) in [5.74, 6) is -0.439. The van der Waals surface area contributed by atoms with E-state index < -0.39 is 5.97 Å². The molecular formula is C17H15BrN2O3. The number of benzene rings is 1. The molecule has 0 amide bonds. The number of hydrogen-bond acceptors (Lipinski definition) is 3. The van der Waals surface area contributed by atoms with Gasteiger partial charge in [0, 0.05) is 22.6 Å². The molecule has 0 atom stereocenters. The Kier molecular flexibility index (Phi) is 4.34. The van der Waals surface area contributed by atoms with E-state index in [0.717, 1.165) is 10.0 Å². The van der Waals surface area contributed by atoms with E-state index in [1.54, 1.807) is 23.8 Å². The van der Waals surface area contributed by atoms with Crippen molar-refractivity contribution in [3.8, 4) is 0 Å². The Balaban J connectivity index is 2.23. The lowest BCUT2D eigenvalue weighted by atomic mass is 10.2. The molecule has 6 heteroatoms. The van der Waals surface area contributed by atoms with Crippen molar-refractivity contribution < 1.29 is 9.53 Å². The van der Waals surface area contributed by atoms with Crippen LogP contribution < -0.4 is 5.56 Å². The number of ether oxygens (including phenoxy) is 1. The summed E-state index contributed by atoms with van der Waals surface area (Å²) < 4.78 is 7.56. The standard InChI is InChI=1S/C17H15BrN2O3/c1-2-23-17(22)14-8-12-13(18)9-19-16(21)15(12)20(14)10-11-6-4-3-5-7-11/h3-9H,2,10H2,1H3,(H,19,21). The molecule has 0 unspecified atom stereocenters. The summed E-state index contributed by atoms with van der Waals surface area (Å²) in [7, 11) is 0. The van der Waals surface area contributed by atoms with Crippen LogP contribution in [0.15, 0.2) is 51.9 Å². The van der Waals surface area contributed by atoms with Gasteiger partial charge >= 0.3 is 5.97 Å². The minimum atomic E-state index is -0.439. The van der Waals surface area contributed by atoms with Crippen molar-refractivity contribution in [2.24, 2.45) is 0 Å². The molecule has 118 valence electrons. The summed E-state index contributed by atoms with van der Waals surface area (Å²) in [5, 5.41) is 0.688. The van der Waals surface area contributed by atoms with Crippen LogP contribution in [0.25, 0.3) is 10.9 Å². The topological polar surface area (TPSA) is 64.1 Å². The zero-order chi connectivity index (χ0) is 16.4. The summed E-state index contributed by atoms with van der Waals surface area (Å²) in [4.78, 5) is 27.2. The molecule has 0 saturated heterocycles. The van der Waals surface area contributed by atoms with Gasteiger partial charge in [0.1, 0.15) is 11.2 Å². The van der Waals surface area contributed by atoms with E-state index in [1.165, 1.54) is 0 Å². The summed E-state index contributed by atoms with van der Waals surface area (Å²) in [5.41, 5.74) is 1.57. The van der Waals surface area contributed by atoms with Crippen molar-refractivity contribution >= 4 is 32.8 Å². The molecule has 0 aliphatic heterocycles. The maximum Gasteiger partial charge on any atom is 0.354 e. The molecule has 5 nitrogen and oxygen atoms in total. The number of H-pyrrole nitrogens is 1. The van der Waals surface area contributed by atoms with Gasteiger partial charge in [-0.2, -0.15) is 0 Å². The van der Waals surface area contributed by atoms with Crippen molar-refractivity contribution in [2.45, 2.75) is 13.5 Å². The zero-order valence-electron chi connectivity index (χ0n) is 12.5. The van der Waals surface area contributed by atoms with E-state index in [4.69, 9.17) is 4.74 Å². The third kappa shape index (κ3) is 2.94. The Labute approximate surface area is 141 Å². The first-order valence-electron chi connectivity index (χ1n) is 7.23. The van der Waals surface area contributed by atoms with Gasteiger partial charge in [-0.1, -0.05) is 30.3 Å². The second-order valence-corrected chi connectivity index (χ2v) is 5.90. The Morgan fingerprint density at radius 3 is 2.74 bits per heavy atom. The molecule has 0 aliphatic carbocycles. The number of nitrogens with zero attached hydrogens (tertiary/aromatic N) is 1. The van der Waals surface area contributed by atoms with Crippen LogP contribution in [0, 0.1) is 0 Å². The van der Waals surface area contributed by atoms with Gasteiger partial charge in [-0.25, -0.2) is 4.79 Å². The lowest BCUT2D eigenvalue weighted by Crippen LogP contribution is -2.17. The fourth-order valence-electron chi connectivity index (χ4n) is 2.56. The van der Waals surface area contributed by atoms with Crippen LogP contribution in [-0.4, -0.2) is 22.1 Å². The molecule has 1 aromatic carbocycles. The minimum Gasteiger partial charge on any atom is -0.461 e. The quantitative estimate of drug-likeness (QED) is 0.712. The number of nitrogens with one attached hydrogen (secondary N) is 1. The van der Waals surface area contributed by atoms with Crippen LogP contribution >= 0.6 is 15.9 Å². The van der Waals surface area contributed by atoms with Gasteiger partial charge in [0.25, 0.3) is 5.56 Å². The number of esters is 1. The number of carbonyl (C=O) groups is 1. The molecule has 0 fully saturated rings. The van der Waals surface area contributed by atoms with E-state index in [0.29, 0.717) is 23.1 Å². The molecule has 0 radical (unpaired) electrons. The van der Waals surface area contributed by atoms with Gasteiger partial charge in [-0.3, -0.25) is 4.79 Å². The minimum absolute atomic E-state index is 0.241. The smallest absolute Gasteiger partial charge is 0.354 e. The van der Waals surface area contributed by atoms with Crippen LogP contribution in [0.3, 0.4) is 0 Å². The Bertz CT molecular complexity index is 913. The maximum absolute atomic E-state index is 12.3. The van der Waals surface area contributed by atoms with Crippen molar-refractivity contribution in [3.63, 3.8) is 0 Å². The van der Waals surface area contributed by atoms with Crippen molar-refractivity contribution in [1.29, 1.82) is 0 Å². The highest BCUT2D eigenvalue weighted by atomic mass is 79.9. The lowest BCUT2D eigenvalue weighted by Gasteiger charge is -2.10. The summed E-state index contributed by atoms with van der Waals surface area (Å²) in [6.07, 6.45) is 1.58. The second kappa shape index (κ2) is 6.42. The summed E-state index contributed by atoms with van der Waals surface area (Å²) in [6, 6.07) is 11.4. The second-order valence-electron chi connectivity index (χ2n) is 5.05. The van der Waals surface area contributed by atoms with Crippen LogP contribution in [0.5, 0.6) is 0 Å². The van der Waals surface area contributed by atoms with Crippen molar-refractivity contribution in [1.82, 2.24) is 9.55 Å². The maximum atomic E-state index is 12.3. The van der Waals surface area contributed by atoms with Crippen LogP contribution in [0.1, 0.15) is 23.0 Å². The Morgan fingerprint density at radius 1 is 1.30 bits per heavy atom. The number of aromatic amines is 1. The zero-order valence-corrected chi connectivity index (χ0v) is 14.1. The number of halogens is 1. The van der Waals surface area contributed by atoms with E-state index in [-0.39, 0.29) is 12.2 Å². The van der Waals surface area contributed by atoms with Gasteiger partial charge in [0.05, 0.1) is 6.61 Å². The first-order valence-corrected chi connectivity index (χ1v) is 8.02. The monoisotopic (exact) mass is 374 g/mol. The van der Waals surface area contributed by atoms with Crippen LogP contribution in [-0.2, 0) is 11.3 Å². The number of carbonyl (C=O) groups excluding carboxylic acids is 1. The first-order chi connectivity index (χ1) is 11.1. The third-order valence-electron chi connectivity index (χ3n) is 3.57. The van der Waals surface area contributed by atoms with Gasteiger partial charge in [0.2, 0.25) is 0 Å². The highest BCUT2D eigenvalue weighted by Gasteiger charge is 2.20. The molecule has 2 heterocycles. The number of hydrogen-bond donors (Lipinski definition) is 1. The van der Waals surface area contributed by atoms with Crippen LogP contribution in [0.4, 0.5) is 0 Å². The van der Waals surface area contributed by atoms with E-state index in [1.807, 2.05) is 30.3 Å². The number of fused-ring (bicyclic) bond motifs is 1. The number of pyridine rings is 1. The van der Waals surface area contributed by atoms with Gasteiger partial charge in [-0.15, -0.1) is 0 Å². The predicted octanol–water partition coefficient (Wildman–Crippen LogP) is 3.32. The van der Waals surface area contributed by atoms with Crippen LogP contribution in [0.2, 0.25) is 0 Å². The average Bonchev–Trinajstić information content (AvgIpc) is 2.93. The first kappa shape index (κ1) is 15.6. The SMILES string of the molecule is CCOC(=O)c1cc2c(Br)c[nH]c(=O)c2n1Cc1ccccc1. The summed E-state index contributed by atoms with van der Waals surface area (Å²) in [6.45, 7) is 2.45. The largest absolute Gasteiger partial charge is 0.461 e. The Morgan fingerprint density at radius 2 is 2.04 bits per heavy atom. The van der Waals surface area contributed by atoms with E-state index in [9.17, 15) is 9.59 Å². The van der Waals surface area contributed by atoms with Crippen molar-refractivity contribution in [2.75, 3.05) is 6.61 Å². The average molecular weight is 375 g/mol. The molecule has 2 aromatic heterocycles. The van der Waals surface area contributed by atoms with Gasteiger partial charge < -0.3 is 14.3 Å². The Hall–Kier alpha value is -2.34. The highest BCUT2D eigenvalue weighted by Crippen LogP contribution is 2.25. The lowest BCUT2D eigenvalue weighted by molar-refractivity contribution is 0.0515. The summed E-state index contributed by atoms with van der Waals surface area (Å²) >= 11 is 3.42.